The Morgan fingerprint density at radius 2 is 2.18 bits per heavy atom. The highest BCUT2D eigenvalue weighted by molar-refractivity contribution is 5.27. The quantitative estimate of drug-likeness (QED) is 0.823. The molecule has 2 heterocycles. The summed E-state index contributed by atoms with van der Waals surface area (Å²) in [4.78, 5) is 4.09. The molecule has 118 valence electrons. The Balaban J connectivity index is 1.67. The van der Waals surface area contributed by atoms with E-state index < -0.39 is 5.79 Å². The predicted molar refractivity (Wildman–Crippen MR) is 82.8 cm³/mol. The number of hydrogen-bond donors (Lipinski definition) is 0. The largest absolute Gasteiger partial charge is 0.497 e. The second kappa shape index (κ2) is 6.50. The van der Waals surface area contributed by atoms with E-state index in [0.29, 0.717) is 13.2 Å². The van der Waals surface area contributed by atoms with Gasteiger partial charge in [-0.3, -0.25) is 0 Å². The molecule has 0 radical (unpaired) electrons. The molecule has 0 N–H and O–H groups in total. The van der Waals surface area contributed by atoms with Crippen molar-refractivity contribution in [2.75, 3.05) is 13.7 Å². The summed E-state index contributed by atoms with van der Waals surface area (Å²) in [6, 6.07) is 8.14. The number of ether oxygens (including phenoxy) is 3. The van der Waals surface area contributed by atoms with Crippen LogP contribution in [0.15, 0.2) is 43.0 Å². The molecule has 0 aliphatic carbocycles. The van der Waals surface area contributed by atoms with Crippen LogP contribution in [0.2, 0.25) is 0 Å². The van der Waals surface area contributed by atoms with Crippen molar-refractivity contribution in [3.63, 3.8) is 0 Å². The fourth-order valence-corrected chi connectivity index (χ4v) is 2.78. The molecule has 2 atom stereocenters. The highest BCUT2D eigenvalue weighted by atomic mass is 16.7. The van der Waals surface area contributed by atoms with Crippen LogP contribution in [-0.4, -0.2) is 35.2 Å². The number of hydrogen-bond acceptors (Lipinski definition) is 4. The fourth-order valence-electron chi connectivity index (χ4n) is 2.78. The molecule has 1 aromatic carbocycles. The third kappa shape index (κ3) is 3.48. The number of aryl methyl sites for hydroxylation is 1. The molecule has 0 bridgehead atoms. The van der Waals surface area contributed by atoms with E-state index in [1.807, 2.05) is 29.8 Å². The van der Waals surface area contributed by atoms with E-state index in [-0.39, 0.29) is 6.10 Å². The molecular formula is C17H22N2O3. The maximum absolute atomic E-state index is 6.09. The van der Waals surface area contributed by atoms with E-state index in [0.717, 1.165) is 18.6 Å². The Labute approximate surface area is 130 Å². The Morgan fingerprint density at radius 3 is 2.77 bits per heavy atom. The first kappa shape index (κ1) is 15.1. The van der Waals surface area contributed by atoms with Gasteiger partial charge in [0.1, 0.15) is 5.75 Å². The summed E-state index contributed by atoms with van der Waals surface area (Å²) >= 11 is 0. The lowest BCUT2D eigenvalue weighted by atomic mass is 10.0. The highest BCUT2D eigenvalue weighted by Crippen LogP contribution is 2.30. The first-order valence-electron chi connectivity index (χ1n) is 7.59. The zero-order valence-corrected chi connectivity index (χ0v) is 13.1. The van der Waals surface area contributed by atoms with E-state index in [2.05, 4.69) is 17.1 Å². The molecule has 5 nitrogen and oxygen atoms in total. The molecule has 2 aromatic rings. The fraction of sp³-hybridized carbons (Fsp3) is 0.471. The predicted octanol–water partition coefficient (Wildman–Crippen LogP) is 2.66. The molecule has 1 aliphatic heterocycles. The van der Waals surface area contributed by atoms with Crippen LogP contribution in [0.5, 0.6) is 5.75 Å². The lowest BCUT2D eigenvalue weighted by molar-refractivity contribution is -0.180. The summed E-state index contributed by atoms with van der Waals surface area (Å²) in [5, 5.41) is 0. The molecule has 0 saturated carbocycles. The zero-order chi connectivity index (χ0) is 15.4. The van der Waals surface area contributed by atoms with Crippen molar-refractivity contribution in [1.82, 2.24) is 9.55 Å². The highest BCUT2D eigenvalue weighted by Gasteiger charge is 2.39. The molecule has 3 rings (SSSR count). The lowest BCUT2D eigenvalue weighted by Gasteiger charge is -2.28. The third-order valence-electron chi connectivity index (χ3n) is 3.93. The van der Waals surface area contributed by atoms with Gasteiger partial charge in [-0.1, -0.05) is 12.1 Å². The minimum absolute atomic E-state index is 0.124. The first-order chi connectivity index (χ1) is 10.7. The number of nitrogens with zero attached hydrogens (tertiary/aromatic N) is 2. The zero-order valence-electron chi connectivity index (χ0n) is 13.1. The molecule has 0 amide bonds. The topological polar surface area (TPSA) is 45.5 Å². The second-order valence-electron chi connectivity index (χ2n) is 5.73. The molecular weight excluding hydrogens is 280 g/mol. The normalized spacial score (nSPS) is 24.5. The van der Waals surface area contributed by atoms with Crippen LogP contribution in [0.25, 0.3) is 0 Å². The maximum Gasteiger partial charge on any atom is 0.187 e. The van der Waals surface area contributed by atoms with Crippen LogP contribution in [0.1, 0.15) is 18.9 Å². The Bertz CT molecular complexity index is 582. The van der Waals surface area contributed by atoms with Gasteiger partial charge < -0.3 is 18.8 Å². The van der Waals surface area contributed by atoms with E-state index >= 15 is 0 Å². The maximum atomic E-state index is 6.09. The Hall–Kier alpha value is -1.85. The number of imidazole rings is 1. The summed E-state index contributed by atoms with van der Waals surface area (Å²) in [5.74, 6) is 0.305. The number of benzene rings is 1. The van der Waals surface area contributed by atoms with Gasteiger partial charge >= 0.3 is 0 Å². The van der Waals surface area contributed by atoms with E-state index in [1.165, 1.54) is 5.56 Å². The summed E-state index contributed by atoms with van der Waals surface area (Å²) in [6.45, 7) is 3.34. The first-order valence-corrected chi connectivity index (χ1v) is 7.59. The Kier molecular flexibility index (Phi) is 4.45. The van der Waals surface area contributed by atoms with Crippen LogP contribution in [-0.2, 0) is 22.4 Å². The van der Waals surface area contributed by atoms with Crippen LogP contribution < -0.4 is 4.74 Å². The molecule has 22 heavy (non-hydrogen) atoms. The molecule has 1 saturated heterocycles. The molecule has 1 fully saturated rings. The molecule has 1 aromatic heterocycles. The average Bonchev–Trinajstić information content (AvgIpc) is 3.17. The van der Waals surface area contributed by atoms with Crippen molar-refractivity contribution in [2.24, 2.45) is 0 Å². The van der Waals surface area contributed by atoms with Gasteiger partial charge in [0.05, 0.1) is 32.7 Å². The van der Waals surface area contributed by atoms with Crippen molar-refractivity contribution in [3.8, 4) is 5.75 Å². The summed E-state index contributed by atoms with van der Waals surface area (Å²) in [7, 11) is 1.68. The van der Waals surface area contributed by atoms with Gasteiger partial charge in [0.15, 0.2) is 5.79 Å². The van der Waals surface area contributed by atoms with Gasteiger partial charge in [-0.05, 0) is 31.0 Å². The molecule has 5 heteroatoms. The van der Waals surface area contributed by atoms with Gasteiger partial charge in [0.2, 0.25) is 0 Å². The van der Waals surface area contributed by atoms with Crippen LogP contribution in [0.3, 0.4) is 0 Å². The standard InChI is InChI=1S/C17H22N2O3/c1-14-11-21-17(22-14,12-19-10-9-18-13-19)8-7-15-3-5-16(20-2)6-4-15/h3-6,9-10,13-14H,7-8,11-12H2,1-2H3. The van der Waals surface area contributed by atoms with Gasteiger partial charge in [0.25, 0.3) is 0 Å². The van der Waals surface area contributed by atoms with Crippen molar-refractivity contribution in [2.45, 2.75) is 38.2 Å². The van der Waals surface area contributed by atoms with Crippen molar-refractivity contribution in [3.05, 3.63) is 48.5 Å². The lowest BCUT2D eigenvalue weighted by Crippen LogP contribution is -2.36. The minimum atomic E-state index is -0.569. The summed E-state index contributed by atoms with van der Waals surface area (Å²) in [5.41, 5.74) is 1.25. The van der Waals surface area contributed by atoms with Crippen molar-refractivity contribution in [1.29, 1.82) is 0 Å². The van der Waals surface area contributed by atoms with Crippen molar-refractivity contribution < 1.29 is 14.2 Å². The van der Waals surface area contributed by atoms with Gasteiger partial charge in [0, 0.05) is 18.8 Å². The van der Waals surface area contributed by atoms with Crippen molar-refractivity contribution >= 4 is 0 Å². The summed E-state index contributed by atoms with van der Waals surface area (Å²) in [6.07, 6.45) is 7.33. The average molecular weight is 302 g/mol. The number of methoxy groups -OCH3 is 1. The number of rotatable bonds is 6. The van der Waals surface area contributed by atoms with Crippen LogP contribution >= 0.6 is 0 Å². The van der Waals surface area contributed by atoms with E-state index in [4.69, 9.17) is 14.2 Å². The Morgan fingerprint density at radius 1 is 1.36 bits per heavy atom. The van der Waals surface area contributed by atoms with Crippen LogP contribution in [0.4, 0.5) is 0 Å². The van der Waals surface area contributed by atoms with Gasteiger partial charge in [-0.2, -0.15) is 0 Å². The molecule has 1 aliphatic rings. The van der Waals surface area contributed by atoms with E-state index in [1.54, 1.807) is 19.6 Å². The van der Waals surface area contributed by atoms with Gasteiger partial charge in [-0.25, -0.2) is 4.98 Å². The summed E-state index contributed by atoms with van der Waals surface area (Å²) < 4.78 is 19.3. The monoisotopic (exact) mass is 302 g/mol. The second-order valence-corrected chi connectivity index (χ2v) is 5.73. The van der Waals surface area contributed by atoms with Crippen LogP contribution in [0, 0.1) is 0 Å². The van der Waals surface area contributed by atoms with E-state index in [9.17, 15) is 0 Å². The van der Waals surface area contributed by atoms with Gasteiger partial charge in [-0.15, -0.1) is 0 Å². The number of aromatic nitrogens is 2. The molecule has 2 unspecified atom stereocenters. The third-order valence-corrected chi connectivity index (χ3v) is 3.93. The molecule has 0 spiro atoms. The SMILES string of the molecule is COc1ccc(CCC2(Cn3ccnc3)OCC(C)O2)cc1. The smallest absolute Gasteiger partial charge is 0.187 e. The minimum Gasteiger partial charge on any atom is -0.497 e.